The predicted molar refractivity (Wildman–Crippen MR) is 84.6 cm³/mol. The van der Waals surface area contributed by atoms with Crippen molar-refractivity contribution in [2.75, 3.05) is 12.4 Å². The smallest absolute Gasteiger partial charge is 0.335 e. The van der Waals surface area contributed by atoms with Crippen molar-refractivity contribution in [3.8, 4) is 5.75 Å². The summed E-state index contributed by atoms with van der Waals surface area (Å²) in [4.78, 5) is 10.8. The summed E-state index contributed by atoms with van der Waals surface area (Å²) in [6.07, 6.45) is 1.97. The molecule has 22 heavy (non-hydrogen) atoms. The highest BCUT2D eigenvalue weighted by molar-refractivity contribution is 7.99. The second-order valence-corrected chi connectivity index (χ2v) is 5.80. The molecule has 1 aromatic carbocycles. The Labute approximate surface area is 133 Å². The maximum atomic E-state index is 10.8. The van der Waals surface area contributed by atoms with E-state index >= 15 is 0 Å². The molecule has 2 rings (SSSR count). The molecule has 0 aliphatic heterocycles. The Bertz CT molecular complexity index is 625. The van der Waals surface area contributed by atoms with E-state index in [1.807, 2.05) is 11.6 Å². The first-order chi connectivity index (χ1) is 10.6. The zero-order valence-corrected chi connectivity index (χ0v) is 13.5. The van der Waals surface area contributed by atoms with Crippen LogP contribution in [0.1, 0.15) is 29.5 Å². The molecular formula is C15H19N3O3S. The van der Waals surface area contributed by atoms with Crippen molar-refractivity contribution in [3.05, 3.63) is 35.7 Å². The van der Waals surface area contributed by atoms with Crippen molar-refractivity contribution >= 4 is 17.7 Å². The van der Waals surface area contributed by atoms with Crippen LogP contribution in [0.15, 0.2) is 29.4 Å². The highest BCUT2D eigenvalue weighted by Gasteiger charge is 2.08. The summed E-state index contributed by atoms with van der Waals surface area (Å²) >= 11 is 1.59. The highest BCUT2D eigenvalue weighted by Crippen LogP contribution is 2.17. The van der Waals surface area contributed by atoms with Crippen LogP contribution in [0.3, 0.4) is 0 Å². The third-order valence-electron chi connectivity index (χ3n) is 3.08. The van der Waals surface area contributed by atoms with Gasteiger partial charge in [0.15, 0.2) is 5.16 Å². The monoisotopic (exact) mass is 321 g/mol. The van der Waals surface area contributed by atoms with Gasteiger partial charge in [-0.25, -0.2) is 4.79 Å². The van der Waals surface area contributed by atoms with Crippen LogP contribution in [-0.2, 0) is 13.5 Å². The van der Waals surface area contributed by atoms with Crippen molar-refractivity contribution in [1.29, 1.82) is 0 Å². The van der Waals surface area contributed by atoms with Gasteiger partial charge in [0.2, 0.25) is 0 Å². The molecule has 0 unspecified atom stereocenters. The number of ether oxygens (including phenoxy) is 1. The van der Waals surface area contributed by atoms with E-state index in [-0.39, 0.29) is 5.56 Å². The molecule has 0 amide bonds. The normalized spacial score (nSPS) is 10.6. The first-order valence-corrected chi connectivity index (χ1v) is 8.07. The number of carbonyl (C=O) groups is 1. The molecule has 0 bridgehead atoms. The number of aryl methyl sites for hydroxylation is 1. The Morgan fingerprint density at radius 3 is 2.68 bits per heavy atom. The van der Waals surface area contributed by atoms with E-state index in [4.69, 9.17) is 9.84 Å². The lowest BCUT2D eigenvalue weighted by Crippen LogP contribution is -2.03. The summed E-state index contributed by atoms with van der Waals surface area (Å²) in [6.45, 7) is 2.64. The van der Waals surface area contributed by atoms with E-state index in [1.165, 1.54) is 12.1 Å². The molecule has 6 nitrogen and oxygen atoms in total. The molecule has 1 N–H and O–H groups in total. The van der Waals surface area contributed by atoms with Gasteiger partial charge in [0, 0.05) is 19.2 Å². The Kier molecular flexibility index (Phi) is 5.83. The lowest BCUT2D eigenvalue weighted by molar-refractivity contribution is 0.0697. The average Bonchev–Trinajstić information content (AvgIpc) is 2.85. The lowest BCUT2D eigenvalue weighted by Gasteiger charge is -2.06. The molecule has 0 aliphatic carbocycles. The van der Waals surface area contributed by atoms with E-state index < -0.39 is 5.97 Å². The molecule has 0 saturated heterocycles. The van der Waals surface area contributed by atoms with Crippen LogP contribution in [-0.4, -0.2) is 38.2 Å². The molecule has 0 radical (unpaired) electrons. The van der Waals surface area contributed by atoms with E-state index in [0.717, 1.165) is 29.6 Å². The number of hydrogen-bond acceptors (Lipinski definition) is 5. The molecule has 2 aromatic rings. The summed E-state index contributed by atoms with van der Waals surface area (Å²) in [5, 5.41) is 18.0. The quantitative estimate of drug-likeness (QED) is 0.595. The van der Waals surface area contributed by atoms with Crippen LogP contribution in [0, 0.1) is 0 Å². The number of nitrogens with zero attached hydrogens (tertiary/aromatic N) is 3. The van der Waals surface area contributed by atoms with Gasteiger partial charge in [-0.2, -0.15) is 0 Å². The number of hydrogen-bond donors (Lipinski definition) is 1. The number of aromatic nitrogens is 3. The van der Waals surface area contributed by atoms with E-state index in [1.54, 1.807) is 23.9 Å². The predicted octanol–water partition coefficient (Wildman–Crippen LogP) is 2.64. The summed E-state index contributed by atoms with van der Waals surface area (Å²) in [5.74, 6) is 1.47. The maximum Gasteiger partial charge on any atom is 0.335 e. The second kappa shape index (κ2) is 7.84. The van der Waals surface area contributed by atoms with Gasteiger partial charge in [0.05, 0.1) is 12.2 Å². The molecule has 1 heterocycles. The van der Waals surface area contributed by atoms with Crippen LogP contribution < -0.4 is 4.74 Å². The summed E-state index contributed by atoms with van der Waals surface area (Å²) in [5.41, 5.74) is 0.254. The second-order valence-electron chi connectivity index (χ2n) is 4.73. The average molecular weight is 321 g/mol. The van der Waals surface area contributed by atoms with Crippen molar-refractivity contribution < 1.29 is 14.6 Å². The van der Waals surface area contributed by atoms with Gasteiger partial charge in [-0.1, -0.05) is 18.7 Å². The number of benzene rings is 1. The number of carboxylic acids is 1. The Morgan fingerprint density at radius 1 is 1.32 bits per heavy atom. The molecule has 0 saturated carbocycles. The molecule has 0 fully saturated rings. The van der Waals surface area contributed by atoms with Gasteiger partial charge < -0.3 is 14.4 Å². The summed E-state index contributed by atoms with van der Waals surface area (Å²) in [6, 6.07) is 6.39. The fourth-order valence-electron chi connectivity index (χ4n) is 1.90. The van der Waals surface area contributed by atoms with Crippen LogP contribution >= 0.6 is 11.8 Å². The molecule has 0 aliphatic rings. The number of aromatic carboxylic acids is 1. The summed E-state index contributed by atoms with van der Waals surface area (Å²) < 4.78 is 7.60. The van der Waals surface area contributed by atoms with Gasteiger partial charge in [0.25, 0.3) is 0 Å². The molecule has 118 valence electrons. The lowest BCUT2D eigenvalue weighted by atomic mass is 10.2. The topological polar surface area (TPSA) is 77.2 Å². The first-order valence-electron chi connectivity index (χ1n) is 7.09. The van der Waals surface area contributed by atoms with Crippen molar-refractivity contribution in [2.24, 2.45) is 7.05 Å². The van der Waals surface area contributed by atoms with Crippen molar-refractivity contribution in [2.45, 2.75) is 24.9 Å². The van der Waals surface area contributed by atoms with E-state index in [2.05, 4.69) is 17.1 Å². The Balaban J connectivity index is 1.78. The van der Waals surface area contributed by atoms with Gasteiger partial charge in [-0.15, -0.1) is 10.2 Å². The number of carboxylic acid groups (broad SMARTS) is 1. The van der Waals surface area contributed by atoms with Crippen molar-refractivity contribution in [3.63, 3.8) is 0 Å². The van der Waals surface area contributed by atoms with Crippen molar-refractivity contribution in [1.82, 2.24) is 14.8 Å². The Morgan fingerprint density at radius 2 is 2.05 bits per heavy atom. The van der Waals surface area contributed by atoms with Gasteiger partial charge in [0.1, 0.15) is 11.6 Å². The minimum Gasteiger partial charge on any atom is -0.493 e. The summed E-state index contributed by atoms with van der Waals surface area (Å²) in [7, 11) is 1.97. The van der Waals surface area contributed by atoms with Gasteiger partial charge in [-0.05, 0) is 30.7 Å². The zero-order valence-electron chi connectivity index (χ0n) is 12.7. The standard InChI is InChI=1S/C15H19N3O3S/c1-3-4-13-16-17-15(18(13)2)22-10-9-21-12-7-5-11(6-8-12)14(19)20/h5-8H,3-4,9-10H2,1-2H3,(H,19,20). The number of thioether (sulfide) groups is 1. The number of rotatable bonds is 8. The van der Waals surface area contributed by atoms with E-state index in [9.17, 15) is 4.79 Å². The fourth-order valence-corrected chi connectivity index (χ4v) is 2.65. The molecular weight excluding hydrogens is 302 g/mol. The molecule has 1 aromatic heterocycles. The first kappa shape index (κ1) is 16.4. The Hall–Kier alpha value is -2.02. The largest absolute Gasteiger partial charge is 0.493 e. The molecule has 0 spiro atoms. The third-order valence-corrected chi connectivity index (χ3v) is 4.07. The maximum absolute atomic E-state index is 10.8. The van der Waals surface area contributed by atoms with Crippen LogP contribution in [0.5, 0.6) is 5.75 Å². The minimum absolute atomic E-state index is 0.254. The van der Waals surface area contributed by atoms with Gasteiger partial charge in [-0.3, -0.25) is 0 Å². The van der Waals surface area contributed by atoms with Crippen LogP contribution in [0.4, 0.5) is 0 Å². The SMILES string of the molecule is CCCc1nnc(SCCOc2ccc(C(=O)O)cc2)n1C. The zero-order chi connectivity index (χ0) is 15.9. The third kappa shape index (κ3) is 4.24. The van der Waals surface area contributed by atoms with E-state index in [0.29, 0.717) is 12.4 Å². The van der Waals surface area contributed by atoms with Crippen LogP contribution in [0.2, 0.25) is 0 Å². The molecule has 7 heteroatoms. The van der Waals surface area contributed by atoms with Gasteiger partial charge >= 0.3 is 5.97 Å². The minimum atomic E-state index is -0.938. The van der Waals surface area contributed by atoms with Crippen LogP contribution in [0.25, 0.3) is 0 Å². The fraction of sp³-hybridized carbons (Fsp3) is 0.400. The molecule has 0 atom stereocenters. The highest BCUT2D eigenvalue weighted by atomic mass is 32.2.